The summed E-state index contributed by atoms with van der Waals surface area (Å²) in [6.45, 7) is 0. The van der Waals surface area contributed by atoms with Crippen LogP contribution >= 0.6 is 34.8 Å². The fraction of sp³-hybridized carbons (Fsp3) is 0.0500. The standard InChI is InChI=1S/C20H11Cl3O/c21-13-7-5-12(6-8-13)20(23)17-4-2-1-3-15(17)19(24)16-11-14(22)9-10-18(16)20/h1-11H/t20-/m0/s1. The van der Waals surface area contributed by atoms with E-state index in [1.807, 2.05) is 36.4 Å². The molecule has 0 spiro atoms. The maximum absolute atomic E-state index is 12.9. The fourth-order valence-electron chi connectivity index (χ4n) is 3.27. The van der Waals surface area contributed by atoms with Gasteiger partial charge < -0.3 is 0 Å². The Balaban J connectivity index is 2.09. The van der Waals surface area contributed by atoms with Crippen LogP contribution < -0.4 is 0 Å². The molecule has 0 N–H and O–H groups in total. The molecule has 0 heterocycles. The van der Waals surface area contributed by atoms with Crippen LogP contribution in [0.5, 0.6) is 0 Å². The van der Waals surface area contributed by atoms with E-state index in [1.54, 1.807) is 30.3 Å². The van der Waals surface area contributed by atoms with Crippen molar-refractivity contribution >= 4 is 40.6 Å². The van der Waals surface area contributed by atoms with Crippen molar-refractivity contribution in [2.75, 3.05) is 0 Å². The average Bonchev–Trinajstić information content (AvgIpc) is 2.60. The summed E-state index contributed by atoms with van der Waals surface area (Å²) in [6, 6.07) is 20.1. The molecule has 3 aromatic rings. The average molecular weight is 374 g/mol. The topological polar surface area (TPSA) is 17.1 Å². The molecule has 0 saturated heterocycles. The van der Waals surface area contributed by atoms with E-state index in [2.05, 4.69) is 0 Å². The molecular formula is C20H11Cl3O. The Kier molecular flexibility index (Phi) is 3.69. The van der Waals surface area contributed by atoms with Crippen molar-refractivity contribution in [1.29, 1.82) is 0 Å². The quantitative estimate of drug-likeness (QED) is 0.473. The second-order valence-electron chi connectivity index (χ2n) is 5.73. The first-order valence-electron chi connectivity index (χ1n) is 7.41. The van der Waals surface area contributed by atoms with Crippen molar-refractivity contribution in [3.05, 3.63) is 105 Å². The highest BCUT2D eigenvalue weighted by molar-refractivity contribution is 6.34. The van der Waals surface area contributed by atoms with Gasteiger partial charge in [0.05, 0.1) is 0 Å². The van der Waals surface area contributed by atoms with Crippen LogP contribution in [0.25, 0.3) is 0 Å². The van der Waals surface area contributed by atoms with Gasteiger partial charge in [0.25, 0.3) is 0 Å². The molecule has 118 valence electrons. The zero-order chi connectivity index (χ0) is 16.9. The molecule has 1 atom stereocenters. The summed E-state index contributed by atoms with van der Waals surface area (Å²) in [7, 11) is 0. The van der Waals surface area contributed by atoms with Gasteiger partial charge in [0.1, 0.15) is 4.87 Å². The monoisotopic (exact) mass is 372 g/mol. The van der Waals surface area contributed by atoms with E-state index in [9.17, 15) is 4.79 Å². The second kappa shape index (κ2) is 5.63. The lowest BCUT2D eigenvalue weighted by Gasteiger charge is -2.35. The highest BCUT2D eigenvalue weighted by atomic mass is 35.5. The Morgan fingerprint density at radius 1 is 0.708 bits per heavy atom. The van der Waals surface area contributed by atoms with Gasteiger partial charge in [-0.25, -0.2) is 0 Å². The molecule has 1 nitrogen and oxygen atoms in total. The Morgan fingerprint density at radius 3 is 2.08 bits per heavy atom. The van der Waals surface area contributed by atoms with Gasteiger partial charge in [0.2, 0.25) is 0 Å². The molecule has 0 radical (unpaired) electrons. The van der Waals surface area contributed by atoms with E-state index >= 15 is 0 Å². The number of hydrogen-bond acceptors (Lipinski definition) is 1. The number of ketones is 1. The highest BCUT2D eigenvalue weighted by Crippen LogP contribution is 2.49. The second-order valence-corrected chi connectivity index (χ2v) is 7.17. The molecule has 0 amide bonds. The summed E-state index contributed by atoms with van der Waals surface area (Å²) in [5, 5.41) is 1.15. The minimum atomic E-state index is -0.963. The molecule has 0 bridgehead atoms. The predicted octanol–water partition coefficient (Wildman–Crippen LogP) is 6.07. The SMILES string of the molecule is O=C1c2ccccc2[C@@](Cl)(c2ccc(Cl)cc2)c2ccc(Cl)cc21. The van der Waals surface area contributed by atoms with Gasteiger partial charge in [0.15, 0.2) is 5.78 Å². The molecule has 0 unspecified atom stereocenters. The van der Waals surface area contributed by atoms with Crippen LogP contribution in [0.15, 0.2) is 66.7 Å². The van der Waals surface area contributed by atoms with E-state index in [0.29, 0.717) is 21.2 Å². The molecule has 4 rings (SSSR count). The Hall–Kier alpha value is -1.80. The first kappa shape index (κ1) is 15.7. The largest absolute Gasteiger partial charge is 0.289 e. The molecule has 0 aliphatic heterocycles. The molecule has 0 saturated carbocycles. The minimum absolute atomic E-state index is 0.0617. The fourth-order valence-corrected chi connectivity index (χ4v) is 4.02. The smallest absolute Gasteiger partial charge is 0.193 e. The zero-order valence-corrected chi connectivity index (χ0v) is 14.7. The van der Waals surface area contributed by atoms with Crippen molar-refractivity contribution in [2.45, 2.75) is 4.87 Å². The molecule has 4 heteroatoms. The number of halogens is 3. The van der Waals surface area contributed by atoms with Gasteiger partial charge in [0, 0.05) is 21.2 Å². The van der Waals surface area contributed by atoms with Crippen molar-refractivity contribution < 1.29 is 4.79 Å². The molecule has 0 aromatic heterocycles. The Morgan fingerprint density at radius 2 is 1.33 bits per heavy atom. The van der Waals surface area contributed by atoms with E-state index in [0.717, 1.165) is 16.7 Å². The molecule has 3 aromatic carbocycles. The van der Waals surface area contributed by atoms with Crippen molar-refractivity contribution in [3.63, 3.8) is 0 Å². The van der Waals surface area contributed by atoms with Crippen LogP contribution in [0, 0.1) is 0 Å². The third kappa shape index (κ3) is 2.20. The number of benzene rings is 3. The van der Waals surface area contributed by atoms with Crippen LogP contribution in [-0.2, 0) is 4.87 Å². The first-order chi connectivity index (χ1) is 11.5. The number of carbonyl (C=O) groups is 1. The van der Waals surface area contributed by atoms with Crippen molar-refractivity contribution in [1.82, 2.24) is 0 Å². The molecule has 1 aliphatic carbocycles. The summed E-state index contributed by atoms with van der Waals surface area (Å²) < 4.78 is 0. The summed E-state index contributed by atoms with van der Waals surface area (Å²) in [4.78, 5) is 11.9. The number of rotatable bonds is 1. The lowest BCUT2D eigenvalue weighted by atomic mass is 9.73. The van der Waals surface area contributed by atoms with Gasteiger partial charge in [-0.3, -0.25) is 4.79 Å². The van der Waals surface area contributed by atoms with Gasteiger partial charge in [-0.1, -0.05) is 65.7 Å². The lowest BCUT2D eigenvalue weighted by Crippen LogP contribution is -2.32. The molecular weight excluding hydrogens is 363 g/mol. The summed E-state index contributed by atoms with van der Waals surface area (Å²) >= 11 is 19.3. The number of alkyl halides is 1. The van der Waals surface area contributed by atoms with Gasteiger partial charge in [-0.05, 0) is 41.0 Å². The number of hydrogen-bond donors (Lipinski definition) is 0. The molecule has 24 heavy (non-hydrogen) atoms. The molecule has 1 aliphatic rings. The Bertz CT molecular complexity index is 963. The van der Waals surface area contributed by atoms with Crippen molar-refractivity contribution in [2.24, 2.45) is 0 Å². The van der Waals surface area contributed by atoms with E-state index < -0.39 is 4.87 Å². The van der Waals surface area contributed by atoms with Crippen LogP contribution in [0.4, 0.5) is 0 Å². The summed E-state index contributed by atoms with van der Waals surface area (Å²) in [6.07, 6.45) is 0. The normalized spacial score (nSPS) is 18.9. The minimum Gasteiger partial charge on any atom is -0.289 e. The lowest BCUT2D eigenvalue weighted by molar-refractivity contribution is 0.103. The van der Waals surface area contributed by atoms with E-state index in [1.165, 1.54) is 0 Å². The van der Waals surface area contributed by atoms with Gasteiger partial charge in [-0.2, -0.15) is 0 Å². The maximum Gasteiger partial charge on any atom is 0.193 e. The summed E-state index contributed by atoms with van der Waals surface area (Å²) in [5.41, 5.74) is 3.49. The van der Waals surface area contributed by atoms with Crippen LogP contribution in [0.3, 0.4) is 0 Å². The first-order valence-corrected chi connectivity index (χ1v) is 8.54. The predicted molar refractivity (Wildman–Crippen MR) is 98.5 cm³/mol. The third-order valence-corrected chi connectivity index (χ3v) is 5.49. The zero-order valence-electron chi connectivity index (χ0n) is 12.4. The summed E-state index contributed by atoms with van der Waals surface area (Å²) in [5.74, 6) is -0.0617. The van der Waals surface area contributed by atoms with Crippen molar-refractivity contribution in [3.8, 4) is 0 Å². The van der Waals surface area contributed by atoms with E-state index in [4.69, 9.17) is 34.8 Å². The Labute approximate surface area is 154 Å². The van der Waals surface area contributed by atoms with E-state index in [-0.39, 0.29) is 5.78 Å². The van der Waals surface area contributed by atoms with Crippen LogP contribution in [-0.4, -0.2) is 5.78 Å². The third-order valence-electron chi connectivity index (χ3n) is 4.38. The number of fused-ring (bicyclic) bond motifs is 2. The maximum atomic E-state index is 12.9. The highest BCUT2D eigenvalue weighted by Gasteiger charge is 2.43. The van der Waals surface area contributed by atoms with Crippen LogP contribution in [0.2, 0.25) is 10.0 Å². The van der Waals surface area contributed by atoms with Gasteiger partial charge in [-0.15, -0.1) is 11.6 Å². The number of carbonyl (C=O) groups excluding carboxylic acids is 1. The van der Waals surface area contributed by atoms with Gasteiger partial charge >= 0.3 is 0 Å². The van der Waals surface area contributed by atoms with Crippen LogP contribution in [0.1, 0.15) is 32.6 Å². The molecule has 0 fully saturated rings.